The van der Waals surface area contributed by atoms with Gasteiger partial charge in [0.25, 0.3) is 0 Å². The topological polar surface area (TPSA) is 12.0 Å². The monoisotopic (exact) mass is 237 g/mol. The maximum atomic E-state index is 5.94. The van der Waals surface area contributed by atoms with Gasteiger partial charge >= 0.3 is 0 Å². The van der Waals surface area contributed by atoms with E-state index in [4.69, 9.17) is 11.6 Å². The highest BCUT2D eigenvalue weighted by atomic mass is 35.5. The lowest BCUT2D eigenvalue weighted by Gasteiger charge is -2.38. The molecule has 1 N–H and O–H groups in total. The number of nitrogens with one attached hydrogen (secondary N) is 1. The fraction of sp³-hybridized carbons (Fsp3) is 0.571. The zero-order valence-electron chi connectivity index (χ0n) is 10.0. The first kappa shape index (κ1) is 11.9. The summed E-state index contributed by atoms with van der Waals surface area (Å²) in [6.07, 6.45) is 2.66. The van der Waals surface area contributed by atoms with Crippen LogP contribution in [-0.4, -0.2) is 6.04 Å². The Bertz CT molecular complexity index is 342. The Balaban J connectivity index is 1.73. The molecule has 16 heavy (non-hydrogen) atoms. The van der Waals surface area contributed by atoms with Gasteiger partial charge in [-0.15, -0.1) is 0 Å². The summed E-state index contributed by atoms with van der Waals surface area (Å²) in [7, 11) is 0. The Kier molecular flexibility index (Phi) is 3.88. The van der Waals surface area contributed by atoms with Crippen molar-refractivity contribution in [1.29, 1.82) is 0 Å². The van der Waals surface area contributed by atoms with Crippen LogP contribution in [0.4, 0.5) is 0 Å². The quantitative estimate of drug-likeness (QED) is 0.839. The summed E-state index contributed by atoms with van der Waals surface area (Å²) in [6.45, 7) is 5.58. The molecule has 0 spiro atoms. The molecule has 1 aromatic rings. The smallest absolute Gasteiger partial charge is 0.0409 e. The number of hydrogen-bond acceptors (Lipinski definition) is 1. The van der Waals surface area contributed by atoms with Crippen LogP contribution in [0.25, 0.3) is 0 Å². The van der Waals surface area contributed by atoms with E-state index in [0.717, 1.165) is 23.4 Å². The molecule has 1 nitrogen and oxygen atoms in total. The molecule has 0 aromatic heterocycles. The Morgan fingerprint density at radius 3 is 2.75 bits per heavy atom. The zero-order valence-corrected chi connectivity index (χ0v) is 10.8. The third kappa shape index (κ3) is 2.99. The Morgan fingerprint density at radius 2 is 2.12 bits per heavy atom. The van der Waals surface area contributed by atoms with Crippen LogP contribution >= 0.6 is 11.6 Å². The molecule has 1 fully saturated rings. The van der Waals surface area contributed by atoms with Gasteiger partial charge in [-0.2, -0.15) is 0 Å². The van der Waals surface area contributed by atoms with E-state index < -0.39 is 0 Å². The van der Waals surface area contributed by atoms with Gasteiger partial charge in [0.2, 0.25) is 0 Å². The van der Waals surface area contributed by atoms with Crippen LogP contribution in [0, 0.1) is 11.8 Å². The van der Waals surface area contributed by atoms with Gasteiger partial charge in [-0.25, -0.2) is 0 Å². The SMILES string of the molecule is CC(C)C1CC(NCc2cccc(Cl)c2)C1. The Labute approximate surface area is 103 Å². The van der Waals surface area contributed by atoms with Gasteiger partial charge in [-0.05, 0) is 42.4 Å². The molecule has 2 heteroatoms. The molecule has 0 radical (unpaired) electrons. The summed E-state index contributed by atoms with van der Waals surface area (Å²) in [5.74, 6) is 1.76. The third-order valence-corrected chi connectivity index (χ3v) is 3.84. The molecular formula is C14H20ClN. The van der Waals surface area contributed by atoms with Crippen LogP contribution in [0.1, 0.15) is 32.3 Å². The molecule has 1 aliphatic carbocycles. The maximum Gasteiger partial charge on any atom is 0.0409 e. The van der Waals surface area contributed by atoms with Gasteiger partial charge < -0.3 is 5.32 Å². The molecule has 1 aromatic carbocycles. The Morgan fingerprint density at radius 1 is 1.38 bits per heavy atom. The summed E-state index contributed by atoms with van der Waals surface area (Å²) < 4.78 is 0. The van der Waals surface area contributed by atoms with Crippen molar-refractivity contribution >= 4 is 11.6 Å². The minimum Gasteiger partial charge on any atom is -0.310 e. The van der Waals surface area contributed by atoms with Crippen molar-refractivity contribution in [3.05, 3.63) is 34.9 Å². The van der Waals surface area contributed by atoms with E-state index in [9.17, 15) is 0 Å². The minimum atomic E-state index is 0.714. The summed E-state index contributed by atoms with van der Waals surface area (Å²) >= 11 is 5.94. The Hall–Kier alpha value is -0.530. The molecule has 0 heterocycles. The minimum absolute atomic E-state index is 0.714. The van der Waals surface area contributed by atoms with Crippen LogP contribution in [0.15, 0.2) is 24.3 Å². The molecule has 0 aliphatic heterocycles. The zero-order chi connectivity index (χ0) is 11.5. The standard InChI is InChI=1S/C14H20ClN/c1-10(2)12-7-14(8-12)16-9-11-4-3-5-13(15)6-11/h3-6,10,12,14,16H,7-9H2,1-2H3. The molecular weight excluding hydrogens is 218 g/mol. The fourth-order valence-corrected chi connectivity index (χ4v) is 2.49. The van der Waals surface area contributed by atoms with Crippen LogP contribution in [0.5, 0.6) is 0 Å². The average Bonchev–Trinajstić information content (AvgIpc) is 2.14. The number of halogens is 1. The molecule has 1 aliphatic rings. The van der Waals surface area contributed by atoms with Crippen molar-refractivity contribution in [3.63, 3.8) is 0 Å². The maximum absolute atomic E-state index is 5.94. The molecule has 2 rings (SSSR count). The lowest BCUT2D eigenvalue weighted by molar-refractivity contribution is 0.167. The average molecular weight is 238 g/mol. The second-order valence-corrected chi connectivity index (χ2v) is 5.62. The molecule has 0 atom stereocenters. The normalized spacial score (nSPS) is 24.5. The number of rotatable bonds is 4. The first-order valence-corrected chi connectivity index (χ1v) is 6.51. The van der Waals surface area contributed by atoms with Crippen molar-refractivity contribution in [2.45, 2.75) is 39.3 Å². The highest BCUT2D eigenvalue weighted by Gasteiger charge is 2.30. The van der Waals surface area contributed by atoms with Crippen molar-refractivity contribution in [2.24, 2.45) is 11.8 Å². The molecule has 0 bridgehead atoms. The summed E-state index contributed by atoms with van der Waals surface area (Å²) in [5, 5.41) is 4.42. The van der Waals surface area contributed by atoms with E-state index in [1.165, 1.54) is 18.4 Å². The van der Waals surface area contributed by atoms with Gasteiger partial charge in [-0.1, -0.05) is 37.6 Å². The highest BCUT2D eigenvalue weighted by molar-refractivity contribution is 6.30. The van der Waals surface area contributed by atoms with E-state index in [-0.39, 0.29) is 0 Å². The second-order valence-electron chi connectivity index (χ2n) is 5.18. The van der Waals surface area contributed by atoms with E-state index in [2.05, 4.69) is 25.2 Å². The van der Waals surface area contributed by atoms with E-state index in [1.54, 1.807) is 0 Å². The van der Waals surface area contributed by atoms with Crippen molar-refractivity contribution in [2.75, 3.05) is 0 Å². The summed E-state index contributed by atoms with van der Waals surface area (Å²) in [6, 6.07) is 8.80. The van der Waals surface area contributed by atoms with Crippen molar-refractivity contribution < 1.29 is 0 Å². The molecule has 0 saturated heterocycles. The van der Waals surface area contributed by atoms with Gasteiger partial charge in [0.05, 0.1) is 0 Å². The van der Waals surface area contributed by atoms with Crippen LogP contribution < -0.4 is 5.32 Å². The van der Waals surface area contributed by atoms with Crippen molar-refractivity contribution in [3.8, 4) is 0 Å². The number of hydrogen-bond donors (Lipinski definition) is 1. The summed E-state index contributed by atoms with van der Waals surface area (Å²) in [4.78, 5) is 0. The van der Waals surface area contributed by atoms with Gasteiger partial charge in [-0.3, -0.25) is 0 Å². The molecule has 1 saturated carbocycles. The van der Waals surface area contributed by atoms with Gasteiger partial charge in [0, 0.05) is 17.6 Å². The van der Waals surface area contributed by atoms with Gasteiger partial charge in [0.15, 0.2) is 0 Å². The first-order valence-electron chi connectivity index (χ1n) is 6.13. The van der Waals surface area contributed by atoms with Crippen molar-refractivity contribution in [1.82, 2.24) is 5.32 Å². The molecule has 0 unspecified atom stereocenters. The van der Waals surface area contributed by atoms with Crippen LogP contribution in [-0.2, 0) is 6.54 Å². The predicted molar refractivity (Wildman–Crippen MR) is 69.6 cm³/mol. The third-order valence-electron chi connectivity index (χ3n) is 3.60. The fourth-order valence-electron chi connectivity index (χ4n) is 2.28. The summed E-state index contributed by atoms with van der Waals surface area (Å²) in [5.41, 5.74) is 1.28. The lowest BCUT2D eigenvalue weighted by Crippen LogP contribution is -2.42. The largest absolute Gasteiger partial charge is 0.310 e. The van der Waals surface area contributed by atoms with Crippen LogP contribution in [0.3, 0.4) is 0 Å². The number of benzene rings is 1. The molecule has 88 valence electrons. The van der Waals surface area contributed by atoms with E-state index in [0.29, 0.717) is 6.04 Å². The molecule has 0 amide bonds. The second kappa shape index (κ2) is 5.20. The first-order chi connectivity index (χ1) is 7.65. The van der Waals surface area contributed by atoms with E-state index in [1.807, 2.05) is 18.2 Å². The van der Waals surface area contributed by atoms with Gasteiger partial charge in [0.1, 0.15) is 0 Å². The highest BCUT2D eigenvalue weighted by Crippen LogP contribution is 2.33. The predicted octanol–water partition coefficient (Wildman–Crippen LogP) is 3.86. The van der Waals surface area contributed by atoms with E-state index >= 15 is 0 Å². The van der Waals surface area contributed by atoms with Crippen LogP contribution in [0.2, 0.25) is 5.02 Å². The lowest BCUT2D eigenvalue weighted by atomic mass is 9.73.